The lowest BCUT2D eigenvalue weighted by Crippen LogP contribution is -2.36. The normalized spacial score (nSPS) is 18.6. The zero-order valence-corrected chi connectivity index (χ0v) is 11.2. The van der Waals surface area contributed by atoms with Gasteiger partial charge in [0.1, 0.15) is 0 Å². The highest BCUT2D eigenvalue weighted by molar-refractivity contribution is 5.55. The Morgan fingerprint density at radius 1 is 1.21 bits per heavy atom. The summed E-state index contributed by atoms with van der Waals surface area (Å²) in [4.78, 5) is 2.23. The molecule has 0 aromatic heterocycles. The fourth-order valence-electron chi connectivity index (χ4n) is 2.47. The van der Waals surface area contributed by atoms with Crippen LogP contribution in [-0.2, 0) is 6.18 Å². The summed E-state index contributed by atoms with van der Waals surface area (Å²) in [6.45, 7) is 3.49. The maximum Gasteiger partial charge on any atom is 0.416 e. The first-order valence-electron chi connectivity index (χ1n) is 6.50. The van der Waals surface area contributed by atoms with Gasteiger partial charge < -0.3 is 10.2 Å². The smallest absolute Gasteiger partial charge is 0.382 e. The van der Waals surface area contributed by atoms with Crippen LogP contribution in [0.5, 0.6) is 0 Å². The molecule has 1 aromatic rings. The fraction of sp³-hybridized carbons (Fsp3) is 0.571. The van der Waals surface area contributed by atoms with Crippen LogP contribution in [0.15, 0.2) is 18.2 Å². The van der Waals surface area contributed by atoms with Gasteiger partial charge in [0.25, 0.3) is 0 Å². The Hall–Kier alpha value is -1.23. The third-order valence-electron chi connectivity index (χ3n) is 3.72. The lowest BCUT2D eigenvalue weighted by atomic mass is 10.0. The summed E-state index contributed by atoms with van der Waals surface area (Å²) in [5.41, 5.74) is 0.337. The quantitative estimate of drug-likeness (QED) is 0.886. The van der Waals surface area contributed by atoms with Crippen molar-refractivity contribution in [1.82, 2.24) is 4.90 Å². The number of likely N-dealkylation sites (tertiary alicyclic amines) is 1. The zero-order chi connectivity index (χ0) is 14.0. The molecule has 2 nitrogen and oxygen atoms in total. The van der Waals surface area contributed by atoms with Gasteiger partial charge in [-0.25, -0.2) is 0 Å². The molecule has 1 aromatic carbocycles. The molecule has 1 fully saturated rings. The molecule has 0 atom stereocenters. The SMILES string of the molecule is Cc1c(NC2CCN(C)CC2)cccc1C(F)(F)F. The number of alkyl halides is 3. The van der Waals surface area contributed by atoms with E-state index in [4.69, 9.17) is 0 Å². The average molecular weight is 272 g/mol. The standard InChI is InChI=1S/C14H19F3N2/c1-10-12(14(15,16)17)4-3-5-13(10)18-11-6-8-19(2)9-7-11/h3-5,11,18H,6-9H2,1-2H3. The summed E-state index contributed by atoms with van der Waals surface area (Å²) < 4.78 is 38.5. The largest absolute Gasteiger partial charge is 0.416 e. The van der Waals surface area contributed by atoms with Crippen molar-refractivity contribution in [2.45, 2.75) is 32.0 Å². The Morgan fingerprint density at radius 2 is 1.84 bits per heavy atom. The molecule has 0 radical (unpaired) electrons. The van der Waals surface area contributed by atoms with Gasteiger partial charge in [0, 0.05) is 11.7 Å². The fourth-order valence-corrected chi connectivity index (χ4v) is 2.47. The number of hydrogen-bond acceptors (Lipinski definition) is 2. The Morgan fingerprint density at radius 3 is 2.42 bits per heavy atom. The van der Waals surface area contributed by atoms with Crippen molar-refractivity contribution in [1.29, 1.82) is 0 Å². The van der Waals surface area contributed by atoms with Crippen LogP contribution in [0.3, 0.4) is 0 Å². The summed E-state index contributed by atoms with van der Waals surface area (Å²) in [6.07, 6.45) is -2.35. The predicted octanol–water partition coefficient (Wildman–Crippen LogP) is 3.52. The molecule has 0 aliphatic carbocycles. The predicted molar refractivity (Wildman–Crippen MR) is 70.3 cm³/mol. The zero-order valence-electron chi connectivity index (χ0n) is 11.2. The van der Waals surface area contributed by atoms with Gasteiger partial charge in [-0.1, -0.05) is 6.07 Å². The van der Waals surface area contributed by atoms with E-state index in [1.807, 2.05) is 0 Å². The van der Waals surface area contributed by atoms with E-state index in [0.29, 0.717) is 5.69 Å². The highest BCUT2D eigenvalue weighted by Crippen LogP contribution is 2.35. The number of rotatable bonds is 2. The third kappa shape index (κ3) is 3.41. The van der Waals surface area contributed by atoms with Crippen molar-refractivity contribution in [2.24, 2.45) is 0 Å². The molecule has 1 N–H and O–H groups in total. The topological polar surface area (TPSA) is 15.3 Å². The molecule has 1 heterocycles. The van der Waals surface area contributed by atoms with Crippen molar-refractivity contribution in [3.8, 4) is 0 Å². The molecule has 1 aliphatic heterocycles. The van der Waals surface area contributed by atoms with Crippen LogP contribution in [0.25, 0.3) is 0 Å². The summed E-state index contributed by atoms with van der Waals surface area (Å²) in [5.74, 6) is 0. The third-order valence-corrected chi connectivity index (χ3v) is 3.72. The highest BCUT2D eigenvalue weighted by Gasteiger charge is 2.33. The highest BCUT2D eigenvalue weighted by atomic mass is 19.4. The van der Waals surface area contributed by atoms with Crippen LogP contribution in [0, 0.1) is 6.92 Å². The second-order valence-corrected chi connectivity index (χ2v) is 5.20. The number of halogens is 3. The van der Waals surface area contributed by atoms with Gasteiger partial charge >= 0.3 is 6.18 Å². The van der Waals surface area contributed by atoms with Gasteiger partial charge in [-0.2, -0.15) is 13.2 Å². The summed E-state index contributed by atoms with van der Waals surface area (Å²) in [6, 6.07) is 4.59. The molecule has 19 heavy (non-hydrogen) atoms. The molecule has 2 rings (SSSR count). The van der Waals surface area contributed by atoms with Gasteiger partial charge in [-0.3, -0.25) is 0 Å². The lowest BCUT2D eigenvalue weighted by Gasteiger charge is -2.30. The molecular weight excluding hydrogens is 253 g/mol. The van der Waals surface area contributed by atoms with E-state index >= 15 is 0 Å². The molecular formula is C14H19F3N2. The second-order valence-electron chi connectivity index (χ2n) is 5.20. The Labute approximate surface area is 111 Å². The maximum absolute atomic E-state index is 12.8. The Kier molecular flexibility index (Phi) is 4.04. The van der Waals surface area contributed by atoms with Crippen LogP contribution in [0.4, 0.5) is 18.9 Å². The summed E-state index contributed by atoms with van der Waals surface area (Å²) in [7, 11) is 2.06. The van der Waals surface area contributed by atoms with Crippen LogP contribution in [0.1, 0.15) is 24.0 Å². The maximum atomic E-state index is 12.8. The minimum atomic E-state index is -4.28. The molecule has 0 saturated carbocycles. The first-order chi connectivity index (χ1) is 8.88. The first-order valence-corrected chi connectivity index (χ1v) is 6.50. The summed E-state index contributed by atoms with van der Waals surface area (Å²) in [5, 5.41) is 3.26. The van der Waals surface area contributed by atoms with Crippen molar-refractivity contribution in [2.75, 3.05) is 25.5 Å². The van der Waals surface area contributed by atoms with Gasteiger partial charge in [-0.15, -0.1) is 0 Å². The van der Waals surface area contributed by atoms with Crippen molar-refractivity contribution < 1.29 is 13.2 Å². The molecule has 0 amide bonds. The van der Waals surface area contributed by atoms with Crippen LogP contribution >= 0.6 is 0 Å². The number of piperidine rings is 1. The monoisotopic (exact) mass is 272 g/mol. The van der Waals surface area contributed by atoms with E-state index in [2.05, 4.69) is 17.3 Å². The molecule has 5 heteroatoms. The molecule has 1 aliphatic rings. The average Bonchev–Trinajstić information content (AvgIpc) is 2.33. The Balaban J connectivity index is 2.13. The van der Waals surface area contributed by atoms with Crippen molar-refractivity contribution in [3.63, 3.8) is 0 Å². The molecule has 1 saturated heterocycles. The summed E-state index contributed by atoms with van der Waals surface area (Å²) >= 11 is 0. The number of nitrogens with zero attached hydrogens (tertiary/aromatic N) is 1. The second kappa shape index (κ2) is 5.41. The van der Waals surface area contributed by atoms with E-state index in [1.165, 1.54) is 13.0 Å². The van der Waals surface area contributed by atoms with Crippen molar-refractivity contribution >= 4 is 5.69 Å². The van der Waals surface area contributed by atoms with Gasteiger partial charge in [-0.05, 0) is 57.6 Å². The van der Waals surface area contributed by atoms with Crippen LogP contribution in [0.2, 0.25) is 0 Å². The lowest BCUT2D eigenvalue weighted by molar-refractivity contribution is -0.138. The van der Waals surface area contributed by atoms with Crippen LogP contribution < -0.4 is 5.32 Å². The number of anilines is 1. The minimum absolute atomic E-state index is 0.262. The van der Waals surface area contributed by atoms with E-state index in [0.717, 1.165) is 32.0 Å². The molecule has 106 valence electrons. The number of hydrogen-bond donors (Lipinski definition) is 1. The molecule has 0 spiro atoms. The van der Waals surface area contributed by atoms with Gasteiger partial charge in [0.2, 0.25) is 0 Å². The number of nitrogens with one attached hydrogen (secondary N) is 1. The van der Waals surface area contributed by atoms with E-state index in [1.54, 1.807) is 6.07 Å². The van der Waals surface area contributed by atoms with Crippen molar-refractivity contribution in [3.05, 3.63) is 29.3 Å². The van der Waals surface area contributed by atoms with E-state index in [-0.39, 0.29) is 11.6 Å². The van der Waals surface area contributed by atoms with Gasteiger partial charge in [0.15, 0.2) is 0 Å². The Bertz CT molecular complexity index is 435. The van der Waals surface area contributed by atoms with Gasteiger partial charge in [0.05, 0.1) is 5.56 Å². The minimum Gasteiger partial charge on any atom is -0.382 e. The van der Waals surface area contributed by atoms with E-state index in [9.17, 15) is 13.2 Å². The molecule has 0 unspecified atom stereocenters. The molecule has 0 bridgehead atoms. The van der Waals surface area contributed by atoms with E-state index < -0.39 is 11.7 Å². The number of benzene rings is 1. The first kappa shape index (κ1) is 14.2. The van der Waals surface area contributed by atoms with Crippen LogP contribution in [-0.4, -0.2) is 31.1 Å².